The van der Waals surface area contributed by atoms with Crippen molar-refractivity contribution < 1.29 is 33.1 Å². The van der Waals surface area contributed by atoms with E-state index in [4.69, 9.17) is 19.3 Å². The summed E-state index contributed by atoms with van der Waals surface area (Å²) in [5.74, 6) is -0.352. The molecule has 0 unspecified atom stereocenters. The van der Waals surface area contributed by atoms with E-state index in [0.29, 0.717) is 13.0 Å². The van der Waals surface area contributed by atoms with Gasteiger partial charge in [0.1, 0.15) is 6.10 Å². The normalized spacial score (nSPS) is 12.4. The maximum atomic E-state index is 12.5. The second kappa shape index (κ2) is 48.6. The summed E-state index contributed by atoms with van der Waals surface area (Å²) in [7, 11) is -4.65. The van der Waals surface area contributed by atoms with Gasteiger partial charge < -0.3 is 19.3 Å². The van der Waals surface area contributed by atoms with E-state index in [2.05, 4.69) is 18.4 Å². The first kappa shape index (κ1) is 58.5. The van der Waals surface area contributed by atoms with Crippen LogP contribution in [0.1, 0.15) is 296 Å². The molecule has 8 heteroatoms. The molecular formula is C51H103O7P. The minimum atomic E-state index is -4.65. The molecule has 0 saturated carbocycles. The first-order chi connectivity index (χ1) is 28.9. The second-order valence-electron chi connectivity index (χ2n) is 18.2. The molecule has 7 nitrogen and oxygen atoms in total. The lowest BCUT2D eigenvalue weighted by molar-refractivity contribution is -0.154. The molecule has 0 heterocycles. The molecule has 0 spiro atoms. The molecule has 0 saturated heterocycles. The topological polar surface area (TPSA) is 102 Å². The number of rotatable bonds is 51. The van der Waals surface area contributed by atoms with Gasteiger partial charge in [0.05, 0.1) is 13.2 Å². The molecule has 354 valence electrons. The van der Waals surface area contributed by atoms with E-state index < -0.39 is 13.9 Å². The van der Waals surface area contributed by atoms with Gasteiger partial charge in [0.15, 0.2) is 0 Å². The maximum absolute atomic E-state index is 12.5. The monoisotopic (exact) mass is 859 g/mol. The fourth-order valence-corrected chi connectivity index (χ4v) is 8.63. The largest absolute Gasteiger partial charge is 0.469 e. The third-order valence-electron chi connectivity index (χ3n) is 12.2. The van der Waals surface area contributed by atoms with Crippen molar-refractivity contribution >= 4 is 13.8 Å². The van der Waals surface area contributed by atoms with Crippen molar-refractivity contribution in [2.24, 2.45) is 0 Å². The molecule has 0 aromatic carbocycles. The standard InChI is InChI=1S/C51H103O7P/c1-3-5-7-9-11-13-15-17-19-21-22-23-24-25-26-27-28-29-30-31-32-34-36-38-40-42-44-46-51(52)58-50(49-57-59(53,54)55)48-56-47-45-43-41-39-37-35-33-20-18-16-14-12-10-8-6-4-2/h50H,3-49H2,1-2H3,(H2,53,54,55)/t50-/m1/s1. The molecule has 0 aliphatic heterocycles. The summed E-state index contributed by atoms with van der Waals surface area (Å²) < 4.78 is 27.1. The van der Waals surface area contributed by atoms with Crippen molar-refractivity contribution in [2.75, 3.05) is 19.8 Å². The van der Waals surface area contributed by atoms with Gasteiger partial charge in [-0.25, -0.2) is 4.57 Å². The van der Waals surface area contributed by atoms with Crippen molar-refractivity contribution in [1.29, 1.82) is 0 Å². The van der Waals surface area contributed by atoms with Gasteiger partial charge in [-0.15, -0.1) is 0 Å². The summed E-state index contributed by atoms with van der Waals surface area (Å²) in [5, 5.41) is 0. The smallest absolute Gasteiger partial charge is 0.457 e. The molecule has 0 rings (SSSR count). The SMILES string of the molecule is CCCCCCCCCCCCCCCCCCCCCCCCCCCCCC(=O)O[C@H](COCCCCCCCCCCCCCCCCCC)COP(=O)(O)O. The fraction of sp³-hybridized carbons (Fsp3) is 0.980. The molecule has 0 aliphatic carbocycles. The number of carbonyl (C=O) groups is 1. The van der Waals surface area contributed by atoms with Gasteiger partial charge in [-0.3, -0.25) is 9.32 Å². The van der Waals surface area contributed by atoms with E-state index in [-0.39, 0.29) is 19.2 Å². The van der Waals surface area contributed by atoms with Gasteiger partial charge in [0.2, 0.25) is 0 Å². The minimum absolute atomic E-state index is 0.0873. The number of ether oxygens (including phenoxy) is 2. The molecule has 0 aromatic rings. The lowest BCUT2D eigenvalue weighted by Crippen LogP contribution is -2.28. The molecular weight excluding hydrogens is 756 g/mol. The average molecular weight is 859 g/mol. The van der Waals surface area contributed by atoms with Crippen LogP contribution in [-0.4, -0.2) is 41.7 Å². The Morgan fingerprint density at radius 1 is 0.390 bits per heavy atom. The maximum Gasteiger partial charge on any atom is 0.469 e. The third-order valence-corrected chi connectivity index (χ3v) is 12.6. The highest BCUT2D eigenvalue weighted by molar-refractivity contribution is 7.46. The van der Waals surface area contributed by atoms with Crippen molar-refractivity contribution in [2.45, 2.75) is 302 Å². The Bertz CT molecular complexity index is 865. The van der Waals surface area contributed by atoms with Gasteiger partial charge in [-0.2, -0.15) is 0 Å². The predicted molar refractivity (Wildman–Crippen MR) is 253 cm³/mol. The first-order valence-electron chi connectivity index (χ1n) is 26.4. The Morgan fingerprint density at radius 3 is 0.915 bits per heavy atom. The average Bonchev–Trinajstić information content (AvgIpc) is 3.21. The zero-order chi connectivity index (χ0) is 43.0. The van der Waals surface area contributed by atoms with Crippen molar-refractivity contribution in [1.82, 2.24) is 0 Å². The highest BCUT2D eigenvalue weighted by atomic mass is 31.2. The molecule has 0 radical (unpaired) electrons. The van der Waals surface area contributed by atoms with Crippen LogP contribution >= 0.6 is 7.82 Å². The Labute approximate surface area is 368 Å². The highest BCUT2D eigenvalue weighted by Crippen LogP contribution is 2.36. The Hall–Kier alpha value is -0.460. The van der Waals surface area contributed by atoms with E-state index in [1.165, 1.54) is 244 Å². The quantitative estimate of drug-likeness (QED) is 0.0357. The van der Waals surface area contributed by atoms with Crippen LogP contribution in [0.4, 0.5) is 0 Å². The number of hydrogen-bond donors (Lipinski definition) is 2. The van der Waals surface area contributed by atoms with Crippen LogP contribution in [0.5, 0.6) is 0 Å². The number of unbranched alkanes of at least 4 members (excludes halogenated alkanes) is 41. The zero-order valence-electron chi connectivity index (χ0n) is 39.7. The summed E-state index contributed by atoms with van der Waals surface area (Å²) in [6.07, 6.45) is 57.0. The molecule has 0 aromatic heterocycles. The van der Waals surface area contributed by atoms with Gasteiger partial charge in [0, 0.05) is 13.0 Å². The van der Waals surface area contributed by atoms with E-state index in [9.17, 15) is 9.36 Å². The molecule has 0 amide bonds. The molecule has 2 N–H and O–H groups in total. The number of phosphoric ester groups is 1. The van der Waals surface area contributed by atoms with Crippen LogP contribution < -0.4 is 0 Å². The summed E-state index contributed by atoms with van der Waals surface area (Å²) in [5.41, 5.74) is 0. The van der Waals surface area contributed by atoms with Crippen LogP contribution in [0.15, 0.2) is 0 Å². The van der Waals surface area contributed by atoms with Crippen LogP contribution in [0.25, 0.3) is 0 Å². The zero-order valence-corrected chi connectivity index (χ0v) is 40.6. The molecule has 0 fully saturated rings. The Kier molecular flexibility index (Phi) is 48.2. The Morgan fingerprint density at radius 2 is 0.644 bits per heavy atom. The van der Waals surface area contributed by atoms with Crippen LogP contribution in [0.2, 0.25) is 0 Å². The van der Waals surface area contributed by atoms with Crippen molar-refractivity contribution in [3.8, 4) is 0 Å². The summed E-state index contributed by atoms with van der Waals surface area (Å²) >= 11 is 0. The number of hydrogen-bond acceptors (Lipinski definition) is 5. The minimum Gasteiger partial charge on any atom is -0.457 e. The third kappa shape index (κ3) is 51.8. The van der Waals surface area contributed by atoms with Crippen molar-refractivity contribution in [3.05, 3.63) is 0 Å². The van der Waals surface area contributed by atoms with Crippen LogP contribution in [0.3, 0.4) is 0 Å². The van der Waals surface area contributed by atoms with Gasteiger partial charge in [-0.1, -0.05) is 277 Å². The fourth-order valence-electron chi connectivity index (χ4n) is 8.27. The molecule has 1 atom stereocenters. The van der Waals surface area contributed by atoms with Gasteiger partial charge >= 0.3 is 13.8 Å². The lowest BCUT2D eigenvalue weighted by Gasteiger charge is -2.18. The summed E-state index contributed by atoms with van der Waals surface area (Å²) in [6.45, 7) is 4.83. The van der Waals surface area contributed by atoms with Gasteiger partial charge in [-0.05, 0) is 12.8 Å². The lowest BCUT2D eigenvalue weighted by atomic mass is 10.0. The first-order valence-corrected chi connectivity index (χ1v) is 27.9. The summed E-state index contributed by atoms with van der Waals surface area (Å²) in [6, 6.07) is 0. The van der Waals surface area contributed by atoms with E-state index in [1.54, 1.807) is 0 Å². The van der Waals surface area contributed by atoms with Crippen molar-refractivity contribution in [3.63, 3.8) is 0 Å². The number of carbonyl (C=O) groups excluding carboxylic acids is 1. The molecule has 0 aliphatic rings. The number of phosphoric acid groups is 1. The van der Waals surface area contributed by atoms with Crippen LogP contribution in [-0.2, 0) is 23.4 Å². The van der Waals surface area contributed by atoms with Crippen LogP contribution in [0, 0.1) is 0 Å². The van der Waals surface area contributed by atoms with E-state index in [1.807, 2.05) is 0 Å². The number of esters is 1. The molecule has 59 heavy (non-hydrogen) atoms. The highest BCUT2D eigenvalue weighted by Gasteiger charge is 2.21. The molecule has 0 bridgehead atoms. The summed E-state index contributed by atoms with van der Waals surface area (Å²) in [4.78, 5) is 30.8. The van der Waals surface area contributed by atoms with E-state index >= 15 is 0 Å². The Balaban J connectivity index is 3.60. The van der Waals surface area contributed by atoms with E-state index in [0.717, 1.165) is 32.1 Å². The predicted octanol–water partition coefficient (Wildman–Crippen LogP) is 17.2. The second-order valence-corrected chi connectivity index (χ2v) is 19.5. The van der Waals surface area contributed by atoms with Gasteiger partial charge in [0.25, 0.3) is 0 Å².